The molecule has 0 aliphatic heterocycles. The van der Waals surface area contributed by atoms with Crippen LogP contribution >= 0.6 is 0 Å². The van der Waals surface area contributed by atoms with Crippen molar-refractivity contribution < 1.29 is 4.79 Å². The van der Waals surface area contributed by atoms with Gasteiger partial charge in [-0.2, -0.15) is 0 Å². The van der Waals surface area contributed by atoms with Crippen LogP contribution in [-0.2, 0) is 6.42 Å². The molecule has 1 aromatic carbocycles. The highest BCUT2D eigenvalue weighted by Gasteiger charge is 2.21. The van der Waals surface area contributed by atoms with Gasteiger partial charge in [-0.15, -0.1) is 0 Å². The summed E-state index contributed by atoms with van der Waals surface area (Å²) in [4.78, 5) is 16.1. The molecule has 1 unspecified atom stereocenters. The van der Waals surface area contributed by atoms with E-state index in [9.17, 15) is 4.79 Å². The van der Waals surface area contributed by atoms with Crippen LogP contribution in [0.25, 0.3) is 5.52 Å². The Hall–Kier alpha value is -2.39. The van der Waals surface area contributed by atoms with Gasteiger partial charge in [0.25, 0.3) is 0 Å². The number of ketones is 1. The molecule has 1 atom stereocenters. The summed E-state index contributed by atoms with van der Waals surface area (Å²) in [6, 6.07) is 17.0. The lowest BCUT2D eigenvalue weighted by molar-refractivity contribution is 0.103. The average Bonchev–Trinajstić information content (AvgIpc) is 3.13. The Morgan fingerprint density at radius 3 is 2.23 bits per heavy atom. The third-order valence-corrected chi connectivity index (χ3v) is 5.90. The van der Waals surface area contributed by atoms with Gasteiger partial charge in [0.15, 0.2) is 0 Å². The summed E-state index contributed by atoms with van der Waals surface area (Å²) >= 11 is 0. The van der Waals surface area contributed by atoms with Crippen molar-refractivity contribution in [1.82, 2.24) is 9.30 Å². The zero-order chi connectivity index (χ0) is 21.5. The van der Waals surface area contributed by atoms with Crippen molar-refractivity contribution in [2.75, 3.05) is 13.1 Å². The first-order valence-corrected chi connectivity index (χ1v) is 11.6. The minimum atomic E-state index is 0.114. The first-order valence-electron chi connectivity index (χ1n) is 11.6. The smallest absolute Gasteiger partial charge is 0.210 e. The van der Waals surface area contributed by atoms with Gasteiger partial charge in [-0.05, 0) is 68.1 Å². The van der Waals surface area contributed by atoms with Crippen LogP contribution in [0.1, 0.15) is 86.6 Å². The van der Waals surface area contributed by atoms with Crippen molar-refractivity contribution in [3.8, 4) is 0 Å². The molecule has 0 saturated carbocycles. The highest BCUT2D eigenvalue weighted by atomic mass is 16.1. The van der Waals surface area contributed by atoms with Crippen LogP contribution in [0.15, 0.2) is 54.7 Å². The fourth-order valence-corrected chi connectivity index (χ4v) is 4.59. The minimum absolute atomic E-state index is 0.114. The molecule has 0 spiro atoms. The van der Waals surface area contributed by atoms with E-state index in [4.69, 9.17) is 0 Å². The summed E-state index contributed by atoms with van der Waals surface area (Å²) in [5, 5.41) is 0. The number of aromatic nitrogens is 1. The van der Waals surface area contributed by atoms with Crippen molar-refractivity contribution >= 4 is 11.3 Å². The molecule has 0 amide bonds. The molecule has 0 saturated heterocycles. The predicted molar refractivity (Wildman–Crippen MR) is 126 cm³/mol. The van der Waals surface area contributed by atoms with E-state index in [1.165, 1.54) is 5.56 Å². The molecular weight excluding hydrogens is 368 g/mol. The molecule has 0 N–H and O–H groups in total. The lowest BCUT2D eigenvalue weighted by atomic mass is 9.97. The largest absolute Gasteiger partial charge is 0.313 e. The van der Waals surface area contributed by atoms with E-state index >= 15 is 0 Å². The van der Waals surface area contributed by atoms with E-state index < -0.39 is 0 Å². The quantitative estimate of drug-likeness (QED) is 0.332. The van der Waals surface area contributed by atoms with E-state index in [0.717, 1.165) is 67.5 Å². The molecule has 0 fully saturated rings. The van der Waals surface area contributed by atoms with Crippen LogP contribution in [-0.4, -0.2) is 28.2 Å². The van der Waals surface area contributed by atoms with Crippen LogP contribution < -0.4 is 0 Å². The minimum Gasteiger partial charge on any atom is -0.313 e. The molecular formula is C27H36N2O. The number of benzene rings is 1. The van der Waals surface area contributed by atoms with Crippen molar-refractivity contribution in [1.29, 1.82) is 0 Å². The summed E-state index contributed by atoms with van der Waals surface area (Å²) in [6.07, 6.45) is 7.34. The van der Waals surface area contributed by atoms with Gasteiger partial charge in [-0.1, -0.05) is 64.4 Å². The summed E-state index contributed by atoms with van der Waals surface area (Å²) in [7, 11) is 0. The number of aryl methyl sites for hydroxylation is 1. The van der Waals surface area contributed by atoms with Gasteiger partial charge >= 0.3 is 0 Å². The van der Waals surface area contributed by atoms with Crippen molar-refractivity contribution in [2.45, 2.75) is 65.8 Å². The van der Waals surface area contributed by atoms with E-state index in [1.54, 1.807) is 0 Å². The second-order valence-electron chi connectivity index (χ2n) is 8.17. The van der Waals surface area contributed by atoms with Gasteiger partial charge in [-0.25, -0.2) is 0 Å². The number of rotatable bonds is 11. The van der Waals surface area contributed by atoms with Crippen LogP contribution in [0.3, 0.4) is 0 Å². The normalized spacial score (nSPS) is 12.6. The first-order chi connectivity index (χ1) is 14.6. The maximum atomic E-state index is 13.5. The summed E-state index contributed by atoms with van der Waals surface area (Å²) in [5.41, 5.74) is 5.12. The molecule has 0 aliphatic rings. The molecule has 0 radical (unpaired) electrons. The molecule has 0 bridgehead atoms. The first kappa shape index (κ1) is 22.3. The van der Waals surface area contributed by atoms with Crippen molar-refractivity contribution in [3.05, 3.63) is 77.1 Å². The molecule has 160 valence electrons. The molecule has 3 heteroatoms. The van der Waals surface area contributed by atoms with Crippen LogP contribution in [0.4, 0.5) is 0 Å². The zero-order valence-electron chi connectivity index (χ0n) is 19.0. The van der Waals surface area contributed by atoms with Gasteiger partial charge in [0.1, 0.15) is 0 Å². The number of hydrogen-bond donors (Lipinski definition) is 0. The topological polar surface area (TPSA) is 24.7 Å². The Morgan fingerprint density at radius 1 is 0.933 bits per heavy atom. The van der Waals surface area contributed by atoms with Gasteiger partial charge in [0, 0.05) is 23.3 Å². The zero-order valence-corrected chi connectivity index (χ0v) is 19.0. The lowest BCUT2D eigenvalue weighted by Gasteiger charge is -2.31. The van der Waals surface area contributed by atoms with Crippen molar-refractivity contribution in [3.63, 3.8) is 0 Å². The average molecular weight is 405 g/mol. The Labute approximate surface area is 181 Å². The monoisotopic (exact) mass is 404 g/mol. The SMILES string of the molecule is CCCc1cc2ccccn2c1C(=O)c1ccc(C(CC)N(CCC)CCC)cc1. The molecule has 3 nitrogen and oxygen atoms in total. The molecule has 30 heavy (non-hydrogen) atoms. The molecule has 0 aliphatic carbocycles. The highest BCUT2D eigenvalue weighted by Crippen LogP contribution is 2.27. The maximum Gasteiger partial charge on any atom is 0.210 e. The number of fused-ring (bicyclic) bond motifs is 1. The van der Waals surface area contributed by atoms with Crippen LogP contribution in [0.5, 0.6) is 0 Å². The number of carbonyl (C=O) groups excluding carboxylic acids is 1. The number of carbonyl (C=O) groups is 1. The van der Waals surface area contributed by atoms with Crippen LogP contribution in [0, 0.1) is 0 Å². The number of pyridine rings is 1. The fourth-order valence-electron chi connectivity index (χ4n) is 4.59. The molecule has 3 aromatic rings. The van der Waals surface area contributed by atoms with Gasteiger partial charge < -0.3 is 4.40 Å². The third-order valence-electron chi connectivity index (χ3n) is 5.90. The number of nitrogens with zero attached hydrogens (tertiary/aromatic N) is 2. The Kier molecular flexibility index (Phi) is 7.87. The van der Waals surface area contributed by atoms with E-state index in [2.05, 4.69) is 56.9 Å². The van der Waals surface area contributed by atoms with Gasteiger partial charge in [0.2, 0.25) is 5.78 Å². The van der Waals surface area contributed by atoms with Gasteiger partial charge in [-0.3, -0.25) is 9.69 Å². The van der Waals surface area contributed by atoms with E-state index in [1.807, 2.05) is 34.9 Å². The van der Waals surface area contributed by atoms with Gasteiger partial charge in [0.05, 0.1) is 5.69 Å². The van der Waals surface area contributed by atoms with E-state index in [-0.39, 0.29) is 5.78 Å². The standard InChI is InChI=1S/C27H36N2O/c1-5-11-23-20-24-12-9-10-19-29(24)26(23)27(30)22-15-13-21(14-16-22)25(8-4)28(17-6-2)18-7-3/h9-10,12-16,19-20,25H,5-8,11,17-18H2,1-4H3. The second kappa shape index (κ2) is 10.6. The molecule has 3 rings (SSSR count). The maximum absolute atomic E-state index is 13.5. The molecule has 2 aromatic heterocycles. The Bertz CT molecular complexity index is 949. The lowest BCUT2D eigenvalue weighted by Crippen LogP contribution is -2.30. The summed E-state index contributed by atoms with van der Waals surface area (Å²) in [5.74, 6) is 0.114. The Balaban J connectivity index is 1.92. The van der Waals surface area contributed by atoms with Crippen LogP contribution in [0.2, 0.25) is 0 Å². The second-order valence-corrected chi connectivity index (χ2v) is 8.17. The highest BCUT2D eigenvalue weighted by molar-refractivity contribution is 6.09. The third kappa shape index (κ3) is 4.67. The predicted octanol–water partition coefficient (Wildman–Crippen LogP) is 6.70. The number of hydrogen-bond acceptors (Lipinski definition) is 2. The molecule has 2 heterocycles. The fraction of sp³-hybridized carbons (Fsp3) is 0.444. The summed E-state index contributed by atoms with van der Waals surface area (Å²) in [6.45, 7) is 11.1. The summed E-state index contributed by atoms with van der Waals surface area (Å²) < 4.78 is 2.04. The Morgan fingerprint density at radius 2 is 1.63 bits per heavy atom. The van der Waals surface area contributed by atoms with Crippen molar-refractivity contribution in [2.24, 2.45) is 0 Å². The van der Waals surface area contributed by atoms with E-state index in [0.29, 0.717) is 6.04 Å².